The Kier molecular flexibility index (Phi) is 6.03. The van der Waals surface area contributed by atoms with Gasteiger partial charge in [0.05, 0.1) is 20.0 Å². The lowest BCUT2D eigenvalue weighted by Crippen LogP contribution is -2.27. The zero-order valence-corrected chi connectivity index (χ0v) is 17.7. The molecule has 3 N–H and O–H groups in total. The number of methoxy groups -OCH3 is 2. The van der Waals surface area contributed by atoms with Gasteiger partial charge in [0.25, 0.3) is 0 Å². The number of thioether (sulfide) groups is 1. The fourth-order valence-electron chi connectivity index (χ4n) is 2.96. The number of rotatable bonds is 7. The van der Waals surface area contributed by atoms with Crippen molar-refractivity contribution in [3.05, 3.63) is 48.3 Å². The van der Waals surface area contributed by atoms with Crippen molar-refractivity contribution in [3.63, 3.8) is 0 Å². The standard InChI is InChI=1S/C20H21N5O5S/c1-27-13-7-12(8-14(9-13)28-2)22-18(26)11-31-20-24-23-19(25(20)21)17-10-29-15-5-3-4-6-16(15)30-17/h3-9,17H,10-11,21H2,1-2H3,(H,22,26). The number of amides is 1. The molecule has 10 nitrogen and oxygen atoms in total. The lowest BCUT2D eigenvalue weighted by atomic mass is 10.2. The van der Waals surface area contributed by atoms with Crippen LogP contribution in [-0.4, -0.2) is 47.4 Å². The van der Waals surface area contributed by atoms with Crippen LogP contribution in [0.25, 0.3) is 0 Å². The van der Waals surface area contributed by atoms with Crippen LogP contribution in [0.5, 0.6) is 23.0 Å². The Morgan fingerprint density at radius 1 is 1.19 bits per heavy atom. The predicted molar refractivity (Wildman–Crippen MR) is 114 cm³/mol. The van der Waals surface area contributed by atoms with E-state index >= 15 is 0 Å². The maximum Gasteiger partial charge on any atom is 0.234 e. The molecule has 2 aromatic carbocycles. The fourth-order valence-corrected chi connectivity index (χ4v) is 3.62. The average Bonchev–Trinajstić information content (AvgIpc) is 3.17. The second-order valence-corrected chi connectivity index (χ2v) is 7.46. The minimum absolute atomic E-state index is 0.0831. The van der Waals surface area contributed by atoms with Crippen LogP contribution < -0.4 is 30.1 Å². The van der Waals surface area contributed by atoms with Crippen LogP contribution in [0.15, 0.2) is 47.6 Å². The summed E-state index contributed by atoms with van der Waals surface area (Å²) in [4.78, 5) is 12.4. The smallest absolute Gasteiger partial charge is 0.234 e. The number of fused-ring (bicyclic) bond motifs is 1. The van der Waals surface area contributed by atoms with Crippen molar-refractivity contribution in [1.82, 2.24) is 14.9 Å². The second kappa shape index (κ2) is 9.04. The van der Waals surface area contributed by atoms with Crippen LogP contribution in [0.4, 0.5) is 5.69 Å². The number of ether oxygens (including phenoxy) is 4. The molecule has 11 heteroatoms. The molecule has 0 radical (unpaired) electrons. The maximum absolute atomic E-state index is 12.4. The van der Waals surface area contributed by atoms with Crippen LogP contribution in [0.2, 0.25) is 0 Å². The van der Waals surface area contributed by atoms with E-state index in [1.165, 1.54) is 4.68 Å². The van der Waals surface area contributed by atoms with E-state index in [-0.39, 0.29) is 18.3 Å². The van der Waals surface area contributed by atoms with Crippen LogP contribution in [0.1, 0.15) is 11.9 Å². The first kappa shape index (κ1) is 20.7. The number of nitrogen functional groups attached to an aromatic ring is 1. The molecule has 0 aliphatic carbocycles. The van der Waals surface area contributed by atoms with Gasteiger partial charge in [0.2, 0.25) is 11.1 Å². The molecule has 1 unspecified atom stereocenters. The number of carbonyl (C=O) groups is 1. The number of aromatic nitrogens is 3. The highest BCUT2D eigenvalue weighted by Gasteiger charge is 2.28. The van der Waals surface area contributed by atoms with Gasteiger partial charge in [-0.1, -0.05) is 23.9 Å². The molecule has 3 aromatic rings. The van der Waals surface area contributed by atoms with Gasteiger partial charge in [-0.25, -0.2) is 4.68 Å². The number of carbonyl (C=O) groups excluding carboxylic acids is 1. The molecular formula is C20H21N5O5S. The molecule has 0 spiro atoms. The summed E-state index contributed by atoms with van der Waals surface area (Å²) in [5.74, 6) is 8.83. The van der Waals surface area contributed by atoms with E-state index in [1.807, 2.05) is 24.3 Å². The van der Waals surface area contributed by atoms with Crippen molar-refractivity contribution in [3.8, 4) is 23.0 Å². The average molecular weight is 443 g/mol. The number of nitrogens with zero attached hydrogens (tertiary/aromatic N) is 3. The van der Waals surface area contributed by atoms with Crippen LogP contribution >= 0.6 is 11.8 Å². The Labute approximate surface area is 182 Å². The molecule has 0 fully saturated rings. The molecule has 1 aromatic heterocycles. The number of nitrogens with one attached hydrogen (secondary N) is 1. The molecule has 1 amide bonds. The maximum atomic E-state index is 12.4. The summed E-state index contributed by atoms with van der Waals surface area (Å²) < 4.78 is 23.4. The topological polar surface area (TPSA) is 123 Å². The summed E-state index contributed by atoms with van der Waals surface area (Å²) >= 11 is 1.16. The predicted octanol–water partition coefficient (Wildman–Crippen LogP) is 2.25. The van der Waals surface area contributed by atoms with E-state index in [1.54, 1.807) is 32.4 Å². The summed E-state index contributed by atoms with van der Waals surface area (Å²) in [6, 6.07) is 12.5. The SMILES string of the molecule is COc1cc(NC(=O)CSc2nnc(C3COc4ccccc4O3)n2N)cc(OC)c1. The number of hydrogen-bond acceptors (Lipinski definition) is 9. The molecule has 0 saturated carbocycles. The Hall–Kier alpha value is -3.60. The summed E-state index contributed by atoms with van der Waals surface area (Å²) in [5, 5.41) is 11.4. The highest BCUT2D eigenvalue weighted by Crippen LogP contribution is 2.35. The van der Waals surface area contributed by atoms with E-state index in [0.717, 1.165) is 11.8 Å². The van der Waals surface area contributed by atoms with Gasteiger partial charge in [-0.3, -0.25) is 4.79 Å². The molecule has 0 saturated heterocycles. The summed E-state index contributed by atoms with van der Waals surface area (Å²) in [7, 11) is 3.09. The Bertz CT molecular complexity index is 1070. The normalized spacial score (nSPS) is 14.7. The van der Waals surface area contributed by atoms with Crippen molar-refractivity contribution in [1.29, 1.82) is 0 Å². The Morgan fingerprint density at radius 3 is 2.61 bits per heavy atom. The first-order valence-corrected chi connectivity index (χ1v) is 10.3. The van der Waals surface area contributed by atoms with Crippen molar-refractivity contribution < 1.29 is 23.7 Å². The monoisotopic (exact) mass is 443 g/mol. The van der Waals surface area contributed by atoms with Crippen LogP contribution in [0.3, 0.4) is 0 Å². The van der Waals surface area contributed by atoms with Gasteiger partial charge in [0.1, 0.15) is 18.1 Å². The van der Waals surface area contributed by atoms with Gasteiger partial charge in [-0.2, -0.15) is 0 Å². The minimum Gasteiger partial charge on any atom is -0.497 e. The van der Waals surface area contributed by atoms with Crippen molar-refractivity contribution in [2.75, 3.05) is 37.7 Å². The largest absolute Gasteiger partial charge is 0.497 e. The molecule has 31 heavy (non-hydrogen) atoms. The van der Waals surface area contributed by atoms with Gasteiger partial charge < -0.3 is 30.1 Å². The fraction of sp³-hybridized carbons (Fsp3) is 0.250. The number of para-hydroxylation sites is 2. The third-order valence-corrected chi connectivity index (χ3v) is 5.40. The zero-order chi connectivity index (χ0) is 21.8. The van der Waals surface area contributed by atoms with E-state index in [9.17, 15) is 4.79 Å². The van der Waals surface area contributed by atoms with Gasteiger partial charge in [0, 0.05) is 23.9 Å². The second-order valence-electron chi connectivity index (χ2n) is 6.51. The van der Waals surface area contributed by atoms with E-state index < -0.39 is 6.10 Å². The molecule has 162 valence electrons. The number of nitrogens with two attached hydrogens (primary N) is 1. The molecular weight excluding hydrogens is 422 g/mol. The molecule has 1 aliphatic rings. The van der Waals surface area contributed by atoms with Gasteiger partial charge in [0.15, 0.2) is 23.4 Å². The van der Waals surface area contributed by atoms with Crippen LogP contribution in [-0.2, 0) is 4.79 Å². The zero-order valence-electron chi connectivity index (χ0n) is 16.9. The summed E-state index contributed by atoms with van der Waals surface area (Å²) in [6.07, 6.45) is -0.500. The minimum atomic E-state index is -0.500. The molecule has 0 bridgehead atoms. The highest BCUT2D eigenvalue weighted by molar-refractivity contribution is 7.99. The highest BCUT2D eigenvalue weighted by atomic mass is 32.2. The quantitative estimate of drug-likeness (QED) is 0.418. The van der Waals surface area contributed by atoms with Crippen LogP contribution in [0, 0.1) is 0 Å². The lowest BCUT2D eigenvalue weighted by Gasteiger charge is -2.25. The third-order valence-electron chi connectivity index (χ3n) is 4.46. The molecule has 2 heterocycles. The Morgan fingerprint density at radius 2 is 1.90 bits per heavy atom. The Balaban J connectivity index is 1.38. The van der Waals surface area contributed by atoms with Crippen molar-refractivity contribution in [2.24, 2.45) is 0 Å². The van der Waals surface area contributed by atoms with Gasteiger partial charge in [-0.15, -0.1) is 10.2 Å². The molecule has 4 rings (SSSR count). The first-order valence-electron chi connectivity index (χ1n) is 9.32. The van der Waals surface area contributed by atoms with Gasteiger partial charge in [-0.05, 0) is 12.1 Å². The van der Waals surface area contributed by atoms with Crippen molar-refractivity contribution in [2.45, 2.75) is 11.3 Å². The first-order chi connectivity index (χ1) is 15.1. The summed E-state index contributed by atoms with van der Waals surface area (Å²) in [5.41, 5.74) is 0.558. The number of hydrogen-bond donors (Lipinski definition) is 2. The summed E-state index contributed by atoms with van der Waals surface area (Å²) in [6.45, 7) is 0.259. The number of benzene rings is 2. The van der Waals surface area contributed by atoms with E-state index in [2.05, 4.69) is 15.5 Å². The third kappa shape index (κ3) is 4.61. The van der Waals surface area contributed by atoms with Gasteiger partial charge >= 0.3 is 0 Å². The lowest BCUT2D eigenvalue weighted by molar-refractivity contribution is -0.113. The molecule has 1 aliphatic heterocycles. The van der Waals surface area contributed by atoms with E-state index in [0.29, 0.717) is 39.7 Å². The van der Waals surface area contributed by atoms with Crippen molar-refractivity contribution >= 4 is 23.4 Å². The molecule has 1 atom stereocenters. The number of anilines is 1. The van der Waals surface area contributed by atoms with E-state index in [4.69, 9.17) is 24.8 Å².